The number of aromatic nitrogens is 3. The maximum atomic E-state index is 13.1. The normalized spacial score (nSPS) is 15.7. The summed E-state index contributed by atoms with van der Waals surface area (Å²) in [7, 11) is -3.69. The molecule has 1 fully saturated rings. The van der Waals surface area contributed by atoms with Gasteiger partial charge in [0.25, 0.3) is 0 Å². The number of amides is 2. The summed E-state index contributed by atoms with van der Waals surface area (Å²) in [5.41, 5.74) is -0.716. The average molecular weight is 675 g/mol. The minimum Gasteiger partial charge on any atom is -0.444 e. The van der Waals surface area contributed by atoms with Gasteiger partial charge >= 0.3 is 18.3 Å². The van der Waals surface area contributed by atoms with Gasteiger partial charge in [-0.25, -0.2) is 28.0 Å². The van der Waals surface area contributed by atoms with Crippen molar-refractivity contribution in [3.05, 3.63) is 78.4 Å². The summed E-state index contributed by atoms with van der Waals surface area (Å²) < 4.78 is 78.7. The number of anilines is 1. The van der Waals surface area contributed by atoms with Crippen molar-refractivity contribution in [2.75, 3.05) is 24.7 Å². The Hall–Kier alpha value is -4.70. The molecule has 16 heteroatoms. The van der Waals surface area contributed by atoms with Crippen molar-refractivity contribution in [1.29, 1.82) is 0 Å². The van der Waals surface area contributed by atoms with E-state index in [0.717, 1.165) is 18.4 Å². The first-order valence-corrected chi connectivity index (χ1v) is 16.3. The first-order valence-electron chi connectivity index (χ1n) is 14.5. The Kier molecular flexibility index (Phi) is 9.19. The van der Waals surface area contributed by atoms with Crippen LogP contribution in [0.1, 0.15) is 38.4 Å². The monoisotopic (exact) mass is 674 g/mol. The number of alkyl halides is 3. The topological polar surface area (TPSA) is 136 Å². The fourth-order valence-electron chi connectivity index (χ4n) is 5.10. The molecule has 0 spiro atoms. The van der Waals surface area contributed by atoms with Gasteiger partial charge in [-0.1, -0.05) is 6.07 Å². The van der Waals surface area contributed by atoms with E-state index in [4.69, 9.17) is 9.47 Å². The largest absolute Gasteiger partial charge is 0.444 e. The molecule has 2 amide bonds. The van der Waals surface area contributed by atoms with Gasteiger partial charge in [-0.3, -0.25) is 4.57 Å². The fourth-order valence-corrected chi connectivity index (χ4v) is 6.18. The summed E-state index contributed by atoms with van der Waals surface area (Å²) in [6.45, 7) is 5.73. The van der Waals surface area contributed by atoms with Gasteiger partial charge in [-0.05, 0) is 69.7 Å². The molecule has 1 aliphatic heterocycles. The Balaban J connectivity index is 1.27. The maximum Gasteiger partial charge on any atom is 0.416 e. The van der Waals surface area contributed by atoms with Crippen LogP contribution in [0.25, 0.3) is 10.9 Å². The molecule has 4 aromatic rings. The van der Waals surface area contributed by atoms with Gasteiger partial charge in [-0.15, -0.1) is 0 Å². The minimum atomic E-state index is -4.55. The lowest BCUT2D eigenvalue weighted by Crippen LogP contribution is -2.42. The van der Waals surface area contributed by atoms with Crippen LogP contribution in [-0.2, 0) is 27.5 Å². The molecule has 5 rings (SSSR count). The molecule has 0 saturated carbocycles. The van der Waals surface area contributed by atoms with Crippen molar-refractivity contribution in [3.8, 4) is 11.6 Å². The highest BCUT2D eigenvalue weighted by atomic mass is 32.2. The Labute approximate surface area is 269 Å². The molecule has 1 aliphatic rings. The zero-order chi connectivity index (χ0) is 34.1. The number of halogens is 3. The van der Waals surface area contributed by atoms with Crippen LogP contribution >= 0.6 is 0 Å². The van der Waals surface area contributed by atoms with Crippen molar-refractivity contribution in [2.45, 2.75) is 51.6 Å². The van der Waals surface area contributed by atoms with Gasteiger partial charge < -0.3 is 19.7 Å². The Morgan fingerprint density at radius 1 is 1.06 bits per heavy atom. The van der Waals surface area contributed by atoms with Crippen LogP contribution < -0.4 is 10.1 Å². The first-order chi connectivity index (χ1) is 22.0. The molecule has 3 heterocycles. The number of nitrogens with one attached hydrogen (secondary N) is 1. The van der Waals surface area contributed by atoms with Crippen molar-refractivity contribution < 1.29 is 40.7 Å². The third-order valence-corrected chi connectivity index (χ3v) is 8.49. The van der Waals surface area contributed by atoms with E-state index in [9.17, 15) is 31.2 Å². The van der Waals surface area contributed by atoms with Crippen molar-refractivity contribution >= 4 is 38.7 Å². The summed E-state index contributed by atoms with van der Waals surface area (Å²) in [5.74, 6) is 0.508. The summed E-state index contributed by atoms with van der Waals surface area (Å²) in [6, 6.07) is 11.2. The number of ether oxygens (including phenoxy) is 2. The summed E-state index contributed by atoms with van der Waals surface area (Å²) in [4.78, 5) is 35.2. The lowest BCUT2D eigenvalue weighted by Gasteiger charge is -2.27. The number of carbonyl (C=O) groups is 2. The van der Waals surface area contributed by atoms with E-state index in [2.05, 4.69) is 15.3 Å². The van der Waals surface area contributed by atoms with Crippen molar-refractivity contribution in [3.63, 3.8) is 0 Å². The number of nitrogens with zero attached hydrogens (tertiary/aromatic N) is 5. The second-order valence-corrected chi connectivity index (χ2v) is 14.0. The molecule has 1 saturated heterocycles. The molecule has 1 atom stereocenters. The zero-order valence-corrected chi connectivity index (χ0v) is 26.8. The van der Waals surface area contributed by atoms with Crippen LogP contribution in [0.15, 0.2) is 67.1 Å². The Morgan fingerprint density at radius 3 is 2.53 bits per heavy atom. The van der Waals surface area contributed by atoms with E-state index in [0.29, 0.717) is 35.3 Å². The van der Waals surface area contributed by atoms with Crippen LogP contribution in [0.3, 0.4) is 0 Å². The van der Waals surface area contributed by atoms with Crippen LogP contribution in [0.2, 0.25) is 0 Å². The molecule has 1 unspecified atom stereocenters. The summed E-state index contributed by atoms with van der Waals surface area (Å²) in [6.07, 6.45) is -0.792. The third kappa shape index (κ3) is 8.37. The van der Waals surface area contributed by atoms with Gasteiger partial charge in [0.1, 0.15) is 17.7 Å². The standard InChI is InChI=1S/C31H33F3N6O6S/c1-30(2,3)46-29(42)38-12-11-24(18-38)40(47(4,43)44)17-23-16-27(36-19-35-23)45-25-8-9-26-20(14-25)10-13-39(26)28(41)37-22-7-5-6-21(15-22)31(32,33)34/h5-10,13-16,19,24H,11-12,17-18H2,1-4H3,(H,37,41). The molecular formula is C31H33F3N6O6S. The second-order valence-electron chi connectivity index (χ2n) is 12.0. The number of hydrogen-bond acceptors (Lipinski definition) is 8. The highest BCUT2D eigenvalue weighted by Gasteiger charge is 2.37. The van der Waals surface area contributed by atoms with Crippen LogP contribution in [-0.4, -0.2) is 75.3 Å². The Morgan fingerprint density at radius 2 is 1.83 bits per heavy atom. The Bertz CT molecular complexity index is 1910. The van der Waals surface area contributed by atoms with Gasteiger partial charge in [0, 0.05) is 42.5 Å². The lowest BCUT2D eigenvalue weighted by molar-refractivity contribution is -0.137. The van der Waals surface area contributed by atoms with Crippen LogP contribution in [0.5, 0.6) is 11.6 Å². The van der Waals surface area contributed by atoms with E-state index in [1.807, 2.05) is 0 Å². The van der Waals surface area contributed by atoms with Crippen molar-refractivity contribution in [2.24, 2.45) is 0 Å². The molecule has 0 aliphatic carbocycles. The quantitative estimate of drug-likeness (QED) is 0.249. The van der Waals surface area contributed by atoms with Crippen LogP contribution in [0, 0.1) is 0 Å². The number of benzene rings is 2. The molecule has 2 aromatic heterocycles. The molecule has 2 aromatic carbocycles. The SMILES string of the molecule is CC(C)(C)OC(=O)N1CCC(N(Cc2cc(Oc3ccc4c(ccn4C(=O)Nc4cccc(C(F)(F)F)c4)c3)ncn2)S(C)(=O)=O)C1. The molecule has 0 bridgehead atoms. The average Bonchev–Trinajstić information content (AvgIpc) is 3.62. The number of rotatable bonds is 7. The third-order valence-electron chi connectivity index (χ3n) is 7.21. The fraction of sp³-hybridized carbons (Fsp3) is 0.355. The van der Waals surface area contributed by atoms with Crippen LogP contribution in [0.4, 0.5) is 28.4 Å². The number of sulfonamides is 1. The van der Waals surface area contributed by atoms with E-state index in [1.165, 1.54) is 44.5 Å². The van der Waals surface area contributed by atoms with Crippen molar-refractivity contribution in [1.82, 2.24) is 23.7 Å². The van der Waals surface area contributed by atoms with Gasteiger partial charge in [-0.2, -0.15) is 17.5 Å². The van der Waals surface area contributed by atoms with E-state index in [-0.39, 0.29) is 24.7 Å². The zero-order valence-electron chi connectivity index (χ0n) is 26.0. The highest BCUT2D eigenvalue weighted by molar-refractivity contribution is 7.88. The van der Waals surface area contributed by atoms with E-state index >= 15 is 0 Å². The maximum absolute atomic E-state index is 13.1. The molecular weight excluding hydrogens is 641 g/mol. The van der Waals surface area contributed by atoms with E-state index in [1.54, 1.807) is 45.0 Å². The van der Waals surface area contributed by atoms with E-state index < -0.39 is 45.5 Å². The molecule has 250 valence electrons. The summed E-state index contributed by atoms with van der Waals surface area (Å²) in [5, 5.41) is 3.08. The first kappa shape index (κ1) is 33.7. The van der Waals surface area contributed by atoms with Gasteiger partial charge in [0.05, 0.1) is 29.6 Å². The predicted octanol–water partition coefficient (Wildman–Crippen LogP) is 6.09. The number of carbonyl (C=O) groups excluding carboxylic acids is 2. The predicted molar refractivity (Wildman–Crippen MR) is 167 cm³/mol. The minimum absolute atomic E-state index is 0.00562. The molecule has 12 nitrogen and oxygen atoms in total. The summed E-state index contributed by atoms with van der Waals surface area (Å²) >= 11 is 0. The lowest BCUT2D eigenvalue weighted by atomic mass is 10.2. The van der Waals surface area contributed by atoms with Gasteiger partial charge in [0.15, 0.2) is 0 Å². The number of hydrogen-bond donors (Lipinski definition) is 1. The molecule has 0 radical (unpaired) electrons. The smallest absolute Gasteiger partial charge is 0.416 e. The number of fused-ring (bicyclic) bond motifs is 1. The second kappa shape index (κ2) is 12.8. The number of likely N-dealkylation sites (tertiary alicyclic amines) is 1. The molecule has 1 N–H and O–H groups in total. The highest BCUT2D eigenvalue weighted by Crippen LogP contribution is 2.31. The molecule has 47 heavy (non-hydrogen) atoms. The van der Waals surface area contributed by atoms with Gasteiger partial charge in [0.2, 0.25) is 15.9 Å².